The van der Waals surface area contributed by atoms with Crippen LogP contribution in [0.5, 0.6) is 5.75 Å². The van der Waals surface area contributed by atoms with Crippen LogP contribution in [0.25, 0.3) is 10.6 Å². The van der Waals surface area contributed by atoms with Crippen molar-refractivity contribution in [2.75, 3.05) is 25.1 Å². The molecule has 0 aliphatic carbocycles. The van der Waals surface area contributed by atoms with Crippen LogP contribution in [0, 0.1) is 5.82 Å². The summed E-state index contributed by atoms with van der Waals surface area (Å²) < 4.78 is 18.7. The number of aromatic amines is 1. The van der Waals surface area contributed by atoms with Gasteiger partial charge in [-0.3, -0.25) is 9.89 Å². The smallest absolute Gasteiger partial charge is 0.251 e. The third kappa shape index (κ3) is 3.66. The Labute approximate surface area is 160 Å². The van der Waals surface area contributed by atoms with Crippen molar-refractivity contribution in [1.82, 2.24) is 15.5 Å². The number of ether oxygens (including phenoxy) is 1. The van der Waals surface area contributed by atoms with E-state index in [9.17, 15) is 9.18 Å². The summed E-state index contributed by atoms with van der Waals surface area (Å²) >= 11 is 1.66. The summed E-state index contributed by atoms with van der Waals surface area (Å²) in [4.78, 5) is 15.7. The standard InChI is InChI=1S/C19H19FN4O2S/c1-26-16-5-4-12(9-14(16)20)19(25)21-13-6-7-24(11-13)18-10-15(22-23-18)17-3-2-8-27-17/h2-5,8-10,13H,6-7,11H2,1H3,(H,21,25)(H,22,23)/t13-/m1/s1. The van der Waals surface area contributed by atoms with Crippen molar-refractivity contribution < 1.29 is 13.9 Å². The van der Waals surface area contributed by atoms with Gasteiger partial charge in [0.1, 0.15) is 0 Å². The van der Waals surface area contributed by atoms with Crippen molar-refractivity contribution in [3.05, 3.63) is 53.2 Å². The fourth-order valence-electron chi connectivity index (χ4n) is 3.19. The zero-order chi connectivity index (χ0) is 18.8. The number of H-pyrrole nitrogens is 1. The zero-order valence-corrected chi connectivity index (χ0v) is 15.6. The number of thiophene rings is 1. The Kier molecular flexibility index (Phi) is 4.81. The average Bonchev–Trinajstić information content (AvgIpc) is 3.41. The van der Waals surface area contributed by atoms with E-state index in [4.69, 9.17) is 4.74 Å². The molecule has 1 amide bonds. The SMILES string of the molecule is COc1ccc(C(=O)N[C@@H]2CCN(c3cc(-c4cccs4)[nH]n3)C2)cc1F. The van der Waals surface area contributed by atoms with Gasteiger partial charge in [0.25, 0.3) is 5.91 Å². The number of anilines is 1. The van der Waals surface area contributed by atoms with Gasteiger partial charge in [0, 0.05) is 30.8 Å². The largest absolute Gasteiger partial charge is 0.494 e. The van der Waals surface area contributed by atoms with Crippen LogP contribution >= 0.6 is 11.3 Å². The zero-order valence-electron chi connectivity index (χ0n) is 14.7. The number of methoxy groups -OCH3 is 1. The van der Waals surface area contributed by atoms with Gasteiger partial charge in [-0.2, -0.15) is 5.10 Å². The van der Waals surface area contributed by atoms with Gasteiger partial charge < -0.3 is 15.0 Å². The highest BCUT2D eigenvalue weighted by Gasteiger charge is 2.26. The van der Waals surface area contributed by atoms with Crippen LogP contribution in [0.3, 0.4) is 0 Å². The number of carbonyl (C=O) groups excluding carboxylic acids is 1. The third-order valence-electron chi connectivity index (χ3n) is 4.61. The second-order valence-electron chi connectivity index (χ2n) is 6.37. The minimum absolute atomic E-state index is 0.00968. The molecule has 4 rings (SSSR count). The quantitative estimate of drug-likeness (QED) is 0.706. The maximum atomic E-state index is 13.8. The maximum absolute atomic E-state index is 13.8. The number of carbonyl (C=O) groups is 1. The number of rotatable bonds is 5. The lowest BCUT2D eigenvalue weighted by molar-refractivity contribution is 0.0940. The summed E-state index contributed by atoms with van der Waals surface area (Å²) in [5, 5.41) is 12.4. The fraction of sp³-hybridized carbons (Fsp3) is 0.263. The Morgan fingerprint density at radius 2 is 2.30 bits per heavy atom. The van der Waals surface area contributed by atoms with Crippen molar-refractivity contribution in [3.8, 4) is 16.3 Å². The highest BCUT2D eigenvalue weighted by atomic mass is 32.1. The van der Waals surface area contributed by atoms with Gasteiger partial charge in [-0.15, -0.1) is 11.3 Å². The van der Waals surface area contributed by atoms with Crippen LogP contribution in [0.2, 0.25) is 0 Å². The normalized spacial score (nSPS) is 16.5. The molecule has 1 atom stereocenters. The van der Waals surface area contributed by atoms with E-state index in [0.717, 1.165) is 29.4 Å². The van der Waals surface area contributed by atoms with Crippen LogP contribution in [0.15, 0.2) is 41.8 Å². The molecule has 27 heavy (non-hydrogen) atoms. The second kappa shape index (κ2) is 7.40. The summed E-state index contributed by atoms with van der Waals surface area (Å²) in [6.45, 7) is 1.47. The van der Waals surface area contributed by atoms with E-state index in [-0.39, 0.29) is 23.3 Å². The van der Waals surface area contributed by atoms with E-state index < -0.39 is 5.82 Å². The molecule has 1 aromatic carbocycles. The summed E-state index contributed by atoms with van der Waals surface area (Å²) in [7, 11) is 1.39. The lowest BCUT2D eigenvalue weighted by Crippen LogP contribution is -2.37. The van der Waals surface area contributed by atoms with Crippen LogP contribution < -0.4 is 15.0 Å². The topological polar surface area (TPSA) is 70.2 Å². The van der Waals surface area contributed by atoms with E-state index in [1.807, 2.05) is 23.6 Å². The van der Waals surface area contributed by atoms with Crippen molar-refractivity contribution >= 4 is 23.1 Å². The van der Waals surface area contributed by atoms with E-state index in [1.54, 1.807) is 17.4 Å². The molecular weight excluding hydrogens is 367 g/mol. The molecule has 3 aromatic rings. The highest BCUT2D eigenvalue weighted by molar-refractivity contribution is 7.13. The van der Waals surface area contributed by atoms with Gasteiger partial charge in [-0.25, -0.2) is 4.39 Å². The van der Waals surface area contributed by atoms with Gasteiger partial charge in [-0.1, -0.05) is 6.07 Å². The molecule has 1 fully saturated rings. The number of aromatic nitrogens is 2. The van der Waals surface area contributed by atoms with Gasteiger partial charge in [-0.05, 0) is 36.1 Å². The molecule has 2 N–H and O–H groups in total. The van der Waals surface area contributed by atoms with Crippen LogP contribution in [0.1, 0.15) is 16.8 Å². The van der Waals surface area contributed by atoms with E-state index in [2.05, 4.69) is 20.4 Å². The first kappa shape index (κ1) is 17.5. The molecule has 140 valence electrons. The number of hydrogen-bond acceptors (Lipinski definition) is 5. The first-order valence-corrected chi connectivity index (χ1v) is 9.50. The van der Waals surface area contributed by atoms with E-state index in [1.165, 1.54) is 19.2 Å². The summed E-state index contributed by atoms with van der Waals surface area (Å²) in [6, 6.07) is 10.3. The first-order chi connectivity index (χ1) is 13.1. The second-order valence-corrected chi connectivity index (χ2v) is 7.32. The molecule has 1 saturated heterocycles. The Hall–Kier alpha value is -2.87. The molecule has 0 bridgehead atoms. The Morgan fingerprint density at radius 3 is 3.04 bits per heavy atom. The molecule has 6 nitrogen and oxygen atoms in total. The monoisotopic (exact) mass is 386 g/mol. The van der Waals surface area contributed by atoms with Gasteiger partial charge in [0.05, 0.1) is 17.7 Å². The minimum atomic E-state index is -0.546. The number of halogens is 1. The van der Waals surface area contributed by atoms with Crippen molar-refractivity contribution in [1.29, 1.82) is 0 Å². The molecule has 1 aliphatic heterocycles. The lowest BCUT2D eigenvalue weighted by atomic mass is 10.1. The van der Waals surface area contributed by atoms with Crippen LogP contribution in [0.4, 0.5) is 10.2 Å². The van der Waals surface area contributed by atoms with Crippen molar-refractivity contribution in [2.45, 2.75) is 12.5 Å². The average molecular weight is 386 g/mol. The molecule has 8 heteroatoms. The molecule has 1 aliphatic rings. The predicted octanol–water partition coefficient (Wildman–Crippen LogP) is 3.29. The number of nitrogens with zero attached hydrogens (tertiary/aromatic N) is 2. The maximum Gasteiger partial charge on any atom is 0.251 e. The third-order valence-corrected chi connectivity index (χ3v) is 5.52. The summed E-state index contributed by atoms with van der Waals surface area (Å²) in [5.74, 6) is 0.157. The molecule has 0 saturated carbocycles. The molecule has 2 aromatic heterocycles. The first-order valence-electron chi connectivity index (χ1n) is 8.62. The van der Waals surface area contributed by atoms with E-state index >= 15 is 0 Å². The fourth-order valence-corrected chi connectivity index (χ4v) is 3.89. The number of hydrogen-bond donors (Lipinski definition) is 2. The molecule has 3 heterocycles. The molecule has 0 unspecified atom stereocenters. The summed E-state index contributed by atoms with van der Waals surface area (Å²) in [5.41, 5.74) is 1.27. The molecule has 0 spiro atoms. The Bertz CT molecular complexity index is 941. The van der Waals surface area contributed by atoms with E-state index in [0.29, 0.717) is 6.54 Å². The van der Waals surface area contributed by atoms with Crippen molar-refractivity contribution in [2.24, 2.45) is 0 Å². The van der Waals surface area contributed by atoms with Gasteiger partial charge in [0.2, 0.25) is 0 Å². The van der Waals surface area contributed by atoms with Gasteiger partial charge in [0.15, 0.2) is 17.4 Å². The van der Waals surface area contributed by atoms with Crippen LogP contribution in [-0.2, 0) is 0 Å². The van der Waals surface area contributed by atoms with Crippen LogP contribution in [-0.4, -0.2) is 42.3 Å². The Morgan fingerprint density at radius 1 is 1.41 bits per heavy atom. The number of benzene rings is 1. The summed E-state index contributed by atoms with van der Waals surface area (Å²) in [6.07, 6.45) is 0.811. The van der Waals surface area contributed by atoms with Gasteiger partial charge >= 0.3 is 0 Å². The van der Waals surface area contributed by atoms with Crippen molar-refractivity contribution in [3.63, 3.8) is 0 Å². The highest BCUT2D eigenvalue weighted by Crippen LogP contribution is 2.27. The lowest BCUT2D eigenvalue weighted by Gasteiger charge is -2.16. The Balaban J connectivity index is 1.38. The number of amides is 1. The minimum Gasteiger partial charge on any atom is -0.494 e. The predicted molar refractivity (Wildman–Crippen MR) is 103 cm³/mol. The molecule has 0 radical (unpaired) electrons. The number of nitrogens with one attached hydrogen (secondary N) is 2. The molecular formula is C19H19FN4O2S.